The highest BCUT2D eigenvalue weighted by molar-refractivity contribution is 7.89. The van der Waals surface area contributed by atoms with Crippen LogP contribution in [0.4, 0.5) is 0 Å². The van der Waals surface area contributed by atoms with Crippen LogP contribution in [0.25, 0.3) is 0 Å². The van der Waals surface area contributed by atoms with E-state index in [1.807, 2.05) is 11.6 Å². The van der Waals surface area contributed by atoms with Crippen molar-refractivity contribution < 1.29 is 18.3 Å². The Balaban J connectivity index is 1.73. The lowest BCUT2D eigenvalue weighted by Crippen LogP contribution is -2.38. The van der Waals surface area contributed by atoms with E-state index < -0.39 is 16.0 Å². The summed E-state index contributed by atoms with van der Waals surface area (Å²) in [7, 11) is -1.73. The predicted molar refractivity (Wildman–Crippen MR) is 85.1 cm³/mol. The third kappa shape index (κ3) is 3.04. The van der Waals surface area contributed by atoms with Crippen molar-refractivity contribution in [1.29, 1.82) is 0 Å². The fraction of sp³-hybridized carbons (Fsp3) is 0.400. The third-order valence-electron chi connectivity index (χ3n) is 4.30. The molecule has 1 saturated heterocycles. The number of sulfonamides is 1. The zero-order chi connectivity index (χ0) is 17.3. The molecule has 1 fully saturated rings. The number of carboxylic acids is 1. The standard InChI is InChI=1S/C15H18N4O4S/c1-18-10-16-17-14(18)11-6-8-19(9-7-11)24(22,23)13-4-2-12(3-5-13)15(20)21/h2-5,10-11H,6-9H2,1H3,(H,20,21). The SMILES string of the molecule is Cn1cnnc1C1CCN(S(=O)(=O)c2ccc(C(=O)O)cc2)CC1. The first kappa shape index (κ1) is 16.6. The minimum absolute atomic E-state index is 0.0648. The van der Waals surface area contributed by atoms with E-state index in [-0.39, 0.29) is 16.4 Å². The average molecular weight is 350 g/mol. The van der Waals surface area contributed by atoms with Gasteiger partial charge < -0.3 is 9.67 Å². The average Bonchev–Trinajstić information content (AvgIpc) is 3.01. The number of hydrogen-bond acceptors (Lipinski definition) is 5. The van der Waals surface area contributed by atoms with Crippen LogP contribution in [0.3, 0.4) is 0 Å². The van der Waals surface area contributed by atoms with Gasteiger partial charge in [-0.3, -0.25) is 0 Å². The molecule has 1 aromatic carbocycles. The highest BCUT2D eigenvalue weighted by Gasteiger charge is 2.31. The molecular weight excluding hydrogens is 332 g/mol. The summed E-state index contributed by atoms with van der Waals surface area (Å²) in [6.45, 7) is 0.807. The Labute approximate surface area is 139 Å². The van der Waals surface area contributed by atoms with Gasteiger partial charge in [0.2, 0.25) is 10.0 Å². The van der Waals surface area contributed by atoms with Crippen LogP contribution in [0.15, 0.2) is 35.5 Å². The lowest BCUT2D eigenvalue weighted by Gasteiger charge is -2.30. The lowest BCUT2D eigenvalue weighted by atomic mass is 9.97. The highest BCUT2D eigenvalue weighted by atomic mass is 32.2. The lowest BCUT2D eigenvalue weighted by molar-refractivity contribution is 0.0696. The zero-order valence-electron chi connectivity index (χ0n) is 13.2. The Kier molecular flexibility index (Phi) is 4.37. The molecule has 0 saturated carbocycles. The minimum Gasteiger partial charge on any atom is -0.478 e. The number of nitrogens with zero attached hydrogens (tertiary/aromatic N) is 4. The number of aromatic nitrogens is 3. The maximum Gasteiger partial charge on any atom is 0.335 e. The second kappa shape index (κ2) is 6.33. The minimum atomic E-state index is -3.61. The summed E-state index contributed by atoms with van der Waals surface area (Å²) in [5.41, 5.74) is 0.0648. The topological polar surface area (TPSA) is 105 Å². The molecule has 9 heteroatoms. The van der Waals surface area contributed by atoms with Crippen molar-refractivity contribution in [1.82, 2.24) is 19.1 Å². The van der Waals surface area contributed by atoms with Crippen LogP contribution >= 0.6 is 0 Å². The van der Waals surface area contributed by atoms with E-state index in [2.05, 4.69) is 10.2 Å². The summed E-state index contributed by atoms with van der Waals surface area (Å²) in [6.07, 6.45) is 3.00. The third-order valence-corrected chi connectivity index (χ3v) is 6.22. The molecule has 0 unspecified atom stereocenters. The van der Waals surface area contributed by atoms with E-state index in [1.54, 1.807) is 6.33 Å². The van der Waals surface area contributed by atoms with Gasteiger partial charge in [-0.25, -0.2) is 13.2 Å². The van der Waals surface area contributed by atoms with Gasteiger partial charge in [-0.05, 0) is 37.1 Å². The summed E-state index contributed by atoms with van der Waals surface area (Å²) in [4.78, 5) is 11.0. The predicted octanol–water partition coefficient (Wildman–Crippen LogP) is 1.08. The molecule has 3 rings (SSSR count). The first-order chi connectivity index (χ1) is 11.4. The molecule has 1 N–H and O–H groups in total. The molecule has 0 radical (unpaired) electrons. The van der Waals surface area contributed by atoms with Gasteiger partial charge >= 0.3 is 5.97 Å². The summed E-state index contributed by atoms with van der Waals surface area (Å²) < 4.78 is 28.6. The van der Waals surface area contributed by atoms with Crippen molar-refractivity contribution in [2.24, 2.45) is 7.05 Å². The van der Waals surface area contributed by atoms with Crippen LogP contribution in [0.2, 0.25) is 0 Å². The smallest absolute Gasteiger partial charge is 0.335 e. The second-order valence-corrected chi connectivity index (χ2v) is 7.75. The van der Waals surface area contributed by atoms with E-state index in [0.717, 1.165) is 5.82 Å². The molecule has 24 heavy (non-hydrogen) atoms. The number of benzene rings is 1. The maximum absolute atomic E-state index is 12.7. The van der Waals surface area contributed by atoms with Crippen molar-refractivity contribution in [3.05, 3.63) is 42.0 Å². The molecule has 128 valence electrons. The summed E-state index contributed by atoms with van der Waals surface area (Å²) in [5, 5.41) is 16.9. The van der Waals surface area contributed by atoms with Crippen LogP contribution in [0.5, 0.6) is 0 Å². The molecule has 8 nitrogen and oxygen atoms in total. The van der Waals surface area contributed by atoms with Gasteiger partial charge in [-0.15, -0.1) is 10.2 Å². The van der Waals surface area contributed by atoms with E-state index >= 15 is 0 Å². The van der Waals surface area contributed by atoms with Gasteiger partial charge in [0.05, 0.1) is 10.5 Å². The number of carbonyl (C=O) groups is 1. The number of carboxylic acid groups (broad SMARTS) is 1. The Morgan fingerprint density at radius 3 is 2.33 bits per heavy atom. The molecule has 0 spiro atoms. The van der Waals surface area contributed by atoms with Crippen LogP contribution in [-0.2, 0) is 17.1 Å². The largest absolute Gasteiger partial charge is 0.478 e. The van der Waals surface area contributed by atoms with Gasteiger partial charge in [-0.2, -0.15) is 4.31 Å². The van der Waals surface area contributed by atoms with Crippen molar-refractivity contribution in [2.75, 3.05) is 13.1 Å². The van der Waals surface area contributed by atoms with Gasteiger partial charge in [0.25, 0.3) is 0 Å². The van der Waals surface area contributed by atoms with Crippen molar-refractivity contribution >= 4 is 16.0 Å². The van der Waals surface area contributed by atoms with Crippen LogP contribution < -0.4 is 0 Å². The molecule has 0 amide bonds. The first-order valence-corrected chi connectivity index (χ1v) is 9.01. The number of rotatable bonds is 4. The molecule has 0 aliphatic carbocycles. The summed E-state index contributed by atoms with van der Waals surface area (Å²) >= 11 is 0. The summed E-state index contributed by atoms with van der Waals surface area (Å²) in [6, 6.07) is 5.30. The molecule has 1 aromatic heterocycles. The molecule has 1 aliphatic heterocycles. The van der Waals surface area contributed by atoms with Crippen LogP contribution in [0.1, 0.15) is 34.9 Å². The first-order valence-electron chi connectivity index (χ1n) is 7.57. The van der Waals surface area contributed by atoms with Gasteiger partial charge in [0, 0.05) is 26.1 Å². The van der Waals surface area contributed by atoms with Gasteiger partial charge in [0.15, 0.2) is 0 Å². The number of aromatic carboxylic acids is 1. The molecule has 0 atom stereocenters. The quantitative estimate of drug-likeness (QED) is 0.884. The van der Waals surface area contributed by atoms with Crippen molar-refractivity contribution in [3.8, 4) is 0 Å². The molecule has 2 aromatic rings. The summed E-state index contributed by atoms with van der Waals surface area (Å²) in [5.74, 6) is -0.0142. The fourth-order valence-electron chi connectivity index (χ4n) is 2.93. The van der Waals surface area contributed by atoms with E-state index in [9.17, 15) is 13.2 Å². The molecular formula is C15H18N4O4S. The Bertz CT molecular complexity index is 837. The van der Waals surface area contributed by atoms with Gasteiger partial charge in [-0.1, -0.05) is 0 Å². The van der Waals surface area contributed by atoms with Crippen LogP contribution in [0, 0.1) is 0 Å². The number of piperidine rings is 1. The normalized spacial score (nSPS) is 17.0. The van der Waals surface area contributed by atoms with Gasteiger partial charge in [0.1, 0.15) is 12.2 Å². The second-order valence-electron chi connectivity index (χ2n) is 5.81. The van der Waals surface area contributed by atoms with E-state index in [4.69, 9.17) is 5.11 Å². The Morgan fingerprint density at radius 1 is 1.21 bits per heavy atom. The number of aryl methyl sites for hydroxylation is 1. The fourth-order valence-corrected chi connectivity index (χ4v) is 4.40. The highest BCUT2D eigenvalue weighted by Crippen LogP contribution is 2.29. The monoisotopic (exact) mass is 350 g/mol. The maximum atomic E-state index is 12.7. The van der Waals surface area contributed by atoms with Crippen molar-refractivity contribution in [3.63, 3.8) is 0 Å². The zero-order valence-corrected chi connectivity index (χ0v) is 14.0. The van der Waals surface area contributed by atoms with E-state index in [0.29, 0.717) is 25.9 Å². The molecule has 0 bridgehead atoms. The Morgan fingerprint density at radius 2 is 1.83 bits per heavy atom. The van der Waals surface area contributed by atoms with E-state index in [1.165, 1.54) is 28.6 Å². The molecule has 2 heterocycles. The van der Waals surface area contributed by atoms with Crippen molar-refractivity contribution in [2.45, 2.75) is 23.7 Å². The Hall–Kier alpha value is -2.26. The molecule has 1 aliphatic rings. The number of hydrogen-bond donors (Lipinski definition) is 1. The van der Waals surface area contributed by atoms with Crippen LogP contribution in [-0.4, -0.2) is 51.7 Å².